The fourth-order valence-electron chi connectivity index (χ4n) is 2.27. The molecule has 1 aromatic rings. The van der Waals surface area contributed by atoms with E-state index in [0.29, 0.717) is 6.04 Å². The molecule has 1 heterocycles. The van der Waals surface area contributed by atoms with E-state index in [1.807, 2.05) is 0 Å². The summed E-state index contributed by atoms with van der Waals surface area (Å²) in [6, 6.07) is 11.1. The number of nitrogens with one attached hydrogen (secondary N) is 1. The van der Waals surface area contributed by atoms with Crippen LogP contribution in [0, 0.1) is 0 Å². The van der Waals surface area contributed by atoms with Gasteiger partial charge in [-0.1, -0.05) is 37.3 Å². The highest BCUT2D eigenvalue weighted by Gasteiger charge is 2.20. The first kappa shape index (κ1) is 12.6. The largest absolute Gasteiger partial charge is 0.378 e. The van der Waals surface area contributed by atoms with Crippen LogP contribution in [-0.2, 0) is 11.3 Å². The van der Waals surface area contributed by atoms with Gasteiger partial charge < -0.3 is 10.1 Å². The number of morpholine rings is 1. The number of hydrogen-bond donors (Lipinski definition) is 1. The molecule has 1 fully saturated rings. The predicted octanol–water partition coefficient (Wildman–Crippen LogP) is 1.50. The molecule has 3 nitrogen and oxygen atoms in total. The highest BCUT2D eigenvalue weighted by Crippen LogP contribution is 2.05. The van der Waals surface area contributed by atoms with Gasteiger partial charge in [-0.3, -0.25) is 4.90 Å². The maximum absolute atomic E-state index is 5.54. The number of benzene rings is 1. The minimum atomic E-state index is 0.525. The van der Waals surface area contributed by atoms with Gasteiger partial charge in [0.2, 0.25) is 0 Å². The first-order chi connectivity index (χ1) is 8.40. The normalized spacial score (nSPS) is 21.6. The van der Waals surface area contributed by atoms with Gasteiger partial charge in [0.15, 0.2) is 0 Å². The van der Waals surface area contributed by atoms with E-state index in [1.165, 1.54) is 5.56 Å². The molecule has 1 aliphatic heterocycles. The number of nitrogens with zero attached hydrogens (tertiary/aromatic N) is 1. The Bertz CT molecular complexity index is 315. The van der Waals surface area contributed by atoms with Gasteiger partial charge in [-0.2, -0.15) is 0 Å². The van der Waals surface area contributed by atoms with Gasteiger partial charge in [-0.25, -0.2) is 0 Å². The van der Waals surface area contributed by atoms with E-state index in [-0.39, 0.29) is 0 Å². The monoisotopic (exact) mass is 234 g/mol. The molecule has 0 spiro atoms. The number of rotatable bonds is 5. The van der Waals surface area contributed by atoms with Crippen LogP contribution in [0.25, 0.3) is 0 Å². The molecule has 0 saturated carbocycles. The number of likely N-dealkylation sites (N-methyl/N-ethyl adjacent to an activating group) is 1. The molecular weight excluding hydrogens is 212 g/mol. The zero-order valence-corrected chi connectivity index (χ0v) is 10.6. The fraction of sp³-hybridized carbons (Fsp3) is 0.571. The van der Waals surface area contributed by atoms with Crippen LogP contribution in [0.4, 0.5) is 0 Å². The second-order valence-corrected chi connectivity index (χ2v) is 4.47. The molecule has 17 heavy (non-hydrogen) atoms. The van der Waals surface area contributed by atoms with Crippen molar-refractivity contribution in [3.8, 4) is 0 Å². The lowest BCUT2D eigenvalue weighted by molar-refractivity contribution is -0.00423. The smallest absolute Gasteiger partial charge is 0.0634 e. The first-order valence-corrected chi connectivity index (χ1v) is 6.46. The molecule has 0 amide bonds. The average Bonchev–Trinajstić information content (AvgIpc) is 2.40. The average molecular weight is 234 g/mol. The predicted molar refractivity (Wildman–Crippen MR) is 70.0 cm³/mol. The Balaban J connectivity index is 1.74. The van der Waals surface area contributed by atoms with Gasteiger partial charge in [0, 0.05) is 25.7 Å². The Labute approximate surface area is 104 Å². The van der Waals surface area contributed by atoms with E-state index >= 15 is 0 Å². The number of ether oxygens (including phenoxy) is 1. The van der Waals surface area contributed by atoms with Crippen molar-refractivity contribution in [1.29, 1.82) is 0 Å². The van der Waals surface area contributed by atoms with E-state index in [0.717, 1.165) is 39.4 Å². The highest BCUT2D eigenvalue weighted by atomic mass is 16.5. The van der Waals surface area contributed by atoms with E-state index in [4.69, 9.17) is 4.74 Å². The van der Waals surface area contributed by atoms with Crippen LogP contribution in [-0.4, -0.2) is 43.8 Å². The van der Waals surface area contributed by atoms with Crippen LogP contribution in [0.1, 0.15) is 12.5 Å². The van der Waals surface area contributed by atoms with Gasteiger partial charge in [0.05, 0.1) is 13.2 Å². The van der Waals surface area contributed by atoms with Crippen molar-refractivity contribution < 1.29 is 4.74 Å². The van der Waals surface area contributed by atoms with Crippen molar-refractivity contribution in [3.05, 3.63) is 35.9 Å². The summed E-state index contributed by atoms with van der Waals surface area (Å²) >= 11 is 0. The molecule has 2 rings (SSSR count). The highest BCUT2D eigenvalue weighted by molar-refractivity contribution is 5.14. The van der Waals surface area contributed by atoms with Crippen molar-refractivity contribution in [3.63, 3.8) is 0 Å². The molecule has 0 aliphatic carbocycles. The van der Waals surface area contributed by atoms with Gasteiger partial charge in [-0.05, 0) is 12.1 Å². The van der Waals surface area contributed by atoms with E-state index in [1.54, 1.807) is 0 Å². The Morgan fingerprint density at radius 2 is 2.18 bits per heavy atom. The Morgan fingerprint density at radius 1 is 1.35 bits per heavy atom. The summed E-state index contributed by atoms with van der Waals surface area (Å²) in [6.07, 6.45) is 0. The second-order valence-electron chi connectivity index (χ2n) is 4.47. The van der Waals surface area contributed by atoms with Crippen molar-refractivity contribution in [2.75, 3.05) is 32.8 Å². The van der Waals surface area contributed by atoms with Crippen LogP contribution >= 0.6 is 0 Å². The molecule has 1 saturated heterocycles. The molecular formula is C14H22N2O. The molecule has 1 aliphatic rings. The lowest BCUT2D eigenvalue weighted by atomic mass is 10.2. The van der Waals surface area contributed by atoms with Gasteiger partial charge in [-0.15, -0.1) is 0 Å². The van der Waals surface area contributed by atoms with Crippen LogP contribution < -0.4 is 5.32 Å². The molecule has 0 unspecified atom stereocenters. The summed E-state index contributed by atoms with van der Waals surface area (Å²) in [5.74, 6) is 0. The second kappa shape index (κ2) is 6.74. The van der Waals surface area contributed by atoms with Gasteiger partial charge in [0.1, 0.15) is 0 Å². The third-order valence-corrected chi connectivity index (χ3v) is 3.31. The topological polar surface area (TPSA) is 24.5 Å². The Hall–Kier alpha value is -0.900. The minimum absolute atomic E-state index is 0.525. The summed E-state index contributed by atoms with van der Waals surface area (Å²) in [6.45, 7) is 8.07. The maximum Gasteiger partial charge on any atom is 0.0634 e. The van der Waals surface area contributed by atoms with Crippen LogP contribution in [0.15, 0.2) is 30.3 Å². The molecule has 0 aromatic heterocycles. The van der Waals surface area contributed by atoms with E-state index in [2.05, 4.69) is 47.5 Å². The molecule has 1 atom stereocenters. The standard InChI is InChI=1S/C14H22N2O/c1-2-16-8-9-17-12-14(16)11-15-10-13-6-4-3-5-7-13/h3-7,14-15H,2,8-12H2,1H3/t14-/m1/s1. The van der Waals surface area contributed by atoms with Crippen molar-refractivity contribution >= 4 is 0 Å². The summed E-state index contributed by atoms with van der Waals surface area (Å²) in [7, 11) is 0. The summed E-state index contributed by atoms with van der Waals surface area (Å²) < 4.78 is 5.54. The molecule has 1 N–H and O–H groups in total. The lowest BCUT2D eigenvalue weighted by Gasteiger charge is -2.34. The first-order valence-electron chi connectivity index (χ1n) is 6.46. The molecule has 94 valence electrons. The van der Waals surface area contributed by atoms with E-state index in [9.17, 15) is 0 Å². The fourth-order valence-corrected chi connectivity index (χ4v) is 2.27. The quantitative estimate of drug-likeness (QED) is 0.835. The van der Waals surface area contributed by atoms with Gasteiger partial charge in [0.25, 0.3) is 0 Å². The SMILES string of the molecule is CCN1CCOC[C@H]1CNCc1ccccc1. The Morgan fingerprint density at radius 3 is 2.94 bits per heavy atom. The summed E-state index contributed by atoms with van der Waals surface area (Å²) in [5, 5.41) is 3.51. The van der Waals surface area contributed by atoms with Gasteiger partial charge >= 0.3 is 0 Å². The lowest BCUT2D eigenvalue weighted by Crippen LogP contribution is -2.50. The van der Waals surface area contributed by atoms with Crippen LogP contribution in [0.2, 0.25) is 0 Å². The zero-order valence-electron chi connectivity index (χ0n) is 10.6. The Kier molecular flexibility index (Phi) is 4.98. The third-order valence-electron chi connectivity index (χ3n) is 3.31. The van der Waals surface area contributed by atoms with Crippen LogP contribution in [0.3, 0.4) is 0 Å². The molecule has 0 radical (unpaired) electrons. The number of hydrogen-bond acceptors (Lipinski definition) is 3. The van der Waals surface area contributed by atoms with E-state index < -0.39 is 0 Å². The minimum Gasteiger partial charge on any atom is -0.378 e. The zero-order chi connectivity index (χ0) is 11.9. The molecule has 1 aromatic carbocycles. The summed E-state index contributed by atoms with van der Waals surface area (Å²) in [4.78, 5) is 2.49. The molecule has 0 bridgehead atoms. The van der Waals surface area contributed by atoms with Crippen LogP contribution in [0.5, 0.6) is 0 Å². The summed E-state index contributed by atoms with van der Waals surface area (Å²) in [5.41, 5.74) is 1.34. The molecule has 3 heteroatoms. The van der Waals surface area contributed by atoms with Crippen molar-refractivity contribution in [2.45, 2.75) is 19.5 Å². The third kappa shape index (κ3) is 3.80. The van der Waals surface area contributed by atoms with Crippen molar-refractivity contribution in [2.24, 2.45) is 0 Å². The maximum atomic E-state index is 5.54. The van der Waals surface area contributed by atoms with Crippen molar-refractivity contribution in [1.82, 2.24) is 10.2 Å².